The largest absolute Gasteiger partial charge is 0.467 e. The molecule has 0 radical (unpaired) electrons. The zero-order valence-electron chi connectivity index (χ0n) is 7.34. The Morgan fingerprint density at radius 1 is 1.71 bits per heavy atom. The maximum absolute atomic E-state index is 11.2. The molecule has 0 spiro atoms. The first kappa shape index (κ1) is 8.63. The van der Waals surface area contributed by atoms with Gasteiger partial charge >= 0.3 is 6.09 Å². The summed E-state index contributed by atoms with van der Waals surface area (Å²) in [6.07, 6.45) is 0.420. The van der Waals surface area contributed by atoms with Gasteiger partial charge in [0.25, 0.3) is 0 Å². The molecule has 1 unspecified atom stereocenters. The molecule has 0 aromatic carbocycles. The average Bonchev–Trinajstić information content (AvgIpc) is 2.78. The molecule has 72 valence electrons. The SMILES string of the molecule is N#CC1CN(Cc2ccco2)C(=O)O1. The van der Waals surface area contributed by atoms with Gasteiger partial charge in [-0.3, -0.25) is 4.90 Å². The highest BCUT2D eigenvalue weighted by atomic mass is 16.6. The summed E-state index contributed by atoms with van der Waals surface area (Å²) in [4.78, 5) is 12.6. The number of hydrogen-bond donors (Lipinski definition) is 0. The van der Waals surface area contributed by atoms with E-state index in [1.54, 1.807) is 18.4 Å². The van der Waals surface area contributed by atoms with Crippen LogP contribution in [0.15, 0.2) is 22.8 Å². The highest BCUT2D eigenvalue weighted by molar-refractivity contribution is 5.70. The van der Waals surface area contributed by atoms with Crippen LogP contribution in [0.3, 0.4) is 0 Å². The van der Waals surface area contributed by atoms with Crippen molar-refractivity contribution in [2.75, 3.05) is 6.54 Å². The van der Waals surface area contributed by atoms with Gasteiger partial charge in [-0.15, -0.1) is 0 Å². The van der Waals surface area contributed by atoms with E-state index in [4.69, 9.17) is 14.4 Å². The molecule has 1 aromatic rings. The molecule has 1 aliphatic rings. The molecule has 5 nitrogen and oxygen atoms in total. The first-order chi connectivity index (χ1) is 6.79. The molecule has 5 heteroatoms. The first-order valence-electron chi connectivity index (χ1n) is 4.17. The Morgan fingerprint density at radius 3 is 3.14 bits per heavy atom. The predicted octanol–water partition coefficient (Wildman–Crippen LogP) is 1.12. The van der Waals surface area contributed by atoms with E-state index in [2.05, 4.69) is 0 Å². The molecule has 1 aliphatic heterocycles. The maximum atomic E-state index is 11.2. The Bertz CT molecular complexity index is 366. The van der Waals surface area contributed by atoms with Gasteiger partial charge in [-0.2, -0.15) is 5.26 Å². The van der Waals surface area contributed by atoms with E-state index in [0.29, 0.717) is 18.8 Å². The van der Waals surface area contributed by atoms with Crippen LogP contribution in [0.5, 0.6) is 0 Å². The fraction of sp³-hybridized carbons (Fsp3) is 0.333. The molecule has 0 N–H and O–H groups in total. The molecule has 1 aromatic heterocycles. The zero-order chi connectivity index (χ0) is 9.97. The number of ether oxygens (including phenoxy) is 1. The van der Waals surface area contributed by atoms with Crippen molar-refractivity contribution in [3.63, 3.8) is 0 Å². The predicted molar refractivity (Wildman–Crippen MR) is 45.0 cm³/mol. The summed E-state index contributed by atoms with van der Waals surface area (Å²) in [6.45, 7) is 0.653. The van der Waals surface area contributed by atoms with Gasteiger partial charge in [0, 0.05) is 0 Å². The van der Waals surface area contributed by atoms with Crippen LogP contribution in [0, 0.1) is 11.3 Å². The van der Waals surface area contributed by atoms with Gasteiger partial charge in [-0.05, 0) is 12.1 Å². The Hall–Kier alpha value is -1.96. The van der Waals surface area contributed by atoms with Gasteiger partial charge in [0.1, 0.15) is 11.8 Å². The fourth-order valence-electron chi connectivity index (χ4n) is 1.30. The average molecular weight is 192 g/mol. The summed E-state index contributed by atoms with van der Waals surface area (Å²) in [5, 5.41) is 8.55. The number of nitriles is 1. The van der Waals surface area contributed by atoms with Crippen molar-refractivity contribution < 1.29 is 13.9 Å². The monoisotopic (exact) mass is 192 g/mol. The van der Waals surface area contributed by atoms with Gasteiger partial charge < -0.3 is 9.15 Å². The minimum Gasteiger partial charge on any atom is -0.467 e. The van der Waals surface area contributed by atoms with Crippen LogP contribution in [0.4, 0.5) is 4.79 Å². The van der Waals surface area contributed by atoms with Crippen molar-refractivity contribution in [1.29, 1.82) is 5.26 Å². The number of carbonyl (C=O) groups excluding carboxylic acids is 1. The Labute approximate surface area is 80.5 Å². The van der Waals surface area contributed by atoms with E-state index in [1.165, 1.54) is 4.90 Å². The van der Waals surface area contributed by atoms with Crippen LogP contribution in [-0.2, 0) is 11.3 Å². The summed E-state index contributed by atoms with van der Waals surface area (Å²) in [5.41, 5.74) is 0. The van der Waals surface area contributed by atoms with Crippen LogP contribution in [0.1, 0.15) is 5.76 Å². The molecule has 0 saturated carbocycles. The van der Waals surface area contributed by atoms with E-state index in [9.17, 15) is 4.79 Å². The van der Waals surface area contributed by atoms with Crippen LogP contribution in [-0.4, -0.2) is 23.6 Å². The highest BCUT2D eigenvalue weighted by Crippen LogP contribution is 2.14. The van der Waals surface area contributed by atoms with E-state index in [1.807, 2.05) is 6.07 Å². The summed E-state index contributed by atoms with van der Waals surface area (Å²) in [6, 6.07) is 5.41. The number of amides is 1. The molecule has 2 rings (SSSR count). The molecule has 2 heterocycles. The third-order valence-corrected chi connectivity index (χ3v) is 1.96. The highest BCUT2D eigenvalue weighted by Gasteiger charge is 2.31. The van der Waals surface area contributed by atoms with Crippen LogP contribution >= 0.6 is 0 Å². The molecule has 1 saturated heterocycles. The van der Waals surface area contributed by atoms with Crippen LogP contribution < -0.4 is 0 Å². The van der Waals surface area contributed by atoms with Gasteiger partial charge in [-0.25, -0.2) is 4.79 Å². The van der Waals surface area contributed by atoms with Crippen molar-refractivity contribution >= 4 is 6.09 Å². The van der Waals surface area contributed by atoms with Crippen molar-refractivity contribution in [1.82, 2.24) is 4.90 Å². The normalized spacial score (nSPS) is 20.6. The van der Waals surface area contributed by atoms with E-state index >= 15 is 0 Å². The second-order valence-electron chi connectivity index (χ2n) is 2.96. The minimum absolute atomic E-state index is 0.302. The zero-order valence-corrected chi connectivity index (χ0v) is 7.34. The number of carbonyl (C=O) groups is 1. The molecule has 1 amide bonds. The summed E-state index contributed by atoms with van der Waals surface area (Å²) < 4.78 is 9.84. The molecule has 0 bridgehead atoms. The number of hydrogen-bond acceptors (Lipinski definition) is 4. The van der Waals surface area contributed by atoms with Crippen LogP contribution in [0.25, 0.3) is 0 Å². The molecule has 14 heavy (non-hydrogen) atoms. The molecular weight excluding hydrogens is 184 g/mol. The molecule has 1 atom stereocenters. The Kier molecular flexibility index (Phi) is 2.11. The number of cyclic esters (lactones) is 1. The lowest BCUT2D eigenvalue weighted by Crippen LogP contribution is -2.24. The van der Waals surface area contributed by atoms with Crippen molar-refractivity contribution in [2.45, 2.75) is 12.6 Å². The Balaban J connectivity index is 2.00. The third kappa shape index (κ3) is 1.55. The topological polar surface area (TPSA) is 66.5 Å². The fourth-order valence-corrected chi connectivity index (χ4v) is 1.30. The van der Waals surface area contributed by atoms with E-state index in [-0.39, 0.29) is 0 Å². The smallest absolute Gasteiger partial charge is 0.411 e. The lowest BCUT2D eigenvalue weighted by atomic mass is 10.3. The van der Waals surface area contributed by atoms with Gasteiger partial charge in [0.15, 0.2) is 0 Å². The van der Waals surface area contributed by atoms with E-state index in [0.717, 1.165) is 0 Å². The van der Waals surface area contributed by atoms with Gasteiger partial charge in [0.2, 0.25) is 6.10 Å². The number of rotatable bonds is 2. The first-order valence-corrected chi connectivity index (χ1v) is 4.17. The second kappa shape index (κ2) is 3.42. The minimum atomic E-state index is -0.655. The molecule has 1 fully saturated rings. The second-order valence-corrected chi connectivity index (χ2v) is 2.96. The maximum Gasteiger partial charge on any atom is 0.411 e. The van der Waals surface area contributed by atoms with Crippen molar-refractivity contribution in [3.8, 4) is 6.07 Å². The summed E-state index contributed by atoms with van der Waals surface area (Å²) in [5.74, 6) is 0.681. The van der Waals surface area contributed by atoms with Crippen molar-refractivity contribution in [3.05, 3.63) is 24.2 Å². The Morgan fingerprint density at radius 2 is 2.57 bits per heavy atom. The van der Waals surface area contributed by atoms with Gasteiger partial charge in [0.05, 0.1) is 19.4 Å². The number of nitrogens with zero attached hydrogens (tertiary/aromatic N) is 2. The summed E-state index contributed by atoms with van der Waals surface area (Å²) in [7, 11) is 0. The summed E-state index contributed by atoms with van der Waals surface area (Å²) >= 11 is 0. The molecule has 0 aliphatic carbocycles. The molecular formula is C9H8N2O3. The quantitative estimate of drug-likeness (QED) is 0.704. The standard InChI is InChI=1S/C9H8N2O3/c10-4-8-6-11(9(12)14-8)5-7-2-1-3-13-7/h1-3,8H,5-6H2. The third-order valence-electron chi connectivity index (χ3n) is 1.96. The lowest BCUT2D eigenvalue weighted by Gasteiger charge is -2.09. The van der Waals surface area contributed by atoms with Crippen molar-refractivity contribution in [2.24, 2.45) is 0 Å². The van der Waals surface area contributed by atoms with Gasteiger partial charge in [-0.1, -0.05) is 0 Å². The van der Waals surface area contributed by atoms with E-state index < -0.39 is 12.2 Å². The van der Waals surface area contributed by atoms with Crippen LogP contribution in [0.2, 0.25) is 0 Å². The number of furan rings is 1. The lowest BCUT2D eigenvalue weighted by molar-refractivity contribution is 0.144.